The summed E-state index contributed by atoms with van der Waals surface area (Å²) in [6, 6.07) is 16.0. The maximum Gasteiger partial charge on any atom is 0.115 e. The number of hydrogen-bond acceptors (Lipinski definition) is 2. The molecule has 0 amide bonds. The van der Waals surface area contributed by atoms with Crippen molar-refractivity contribution in [2.24, 2.45) is 0 Å². The van der Waals surface area contributed by atoms with E-state index in [0.717, 1.165) is 18.5 Å². The summed E-state index contributed by atoms with van der Waals surface area (Å²) in [7, 11) is 4.21. The van der Waals surface area contributed by atoms with Crippen LogP contribution in [0.1, 0.15) is 12.0 Å². The zero-order valence-electron chi connectivity index (χ0n) is 11.6. The molecule has 0 unspecified atom stereocenters. The van der Waals surface area contributed by atoms with Crippen molar-refractivity contribution in [1.82, 2.24) is 4.90 Å². The molecule has 2 aromatic rings. The summed E-state index contributed by atoms with van der Waals surface area (Å²) >= 11 is 0. The van der Waals surface area contributed by atoms with Crippen molar-refractivity contribution in [3.63, 3.8) is 0 Å². The van der Waals surface area contributed by atoms with E-state index in [9.17, 15) is 5.11 Å². The first-order valence-electron chi connectivity index (χ1n) is 6.68. The van der Waals surface area contributed by atoms with Crippen LogP contribution in [0.5, 0.6) is 5.75 Å². The minimum absolute atomic E-state index is 0.309. The normalized spacial score (nSPS) is 10.9. The van der Waals surface area contributed by atoms with E-state index in [-0.39, 0.29) is 0 Å². The number of phenolic OH excluding ortho intramolecular Hbond substituents is 1. The van der Waals surface area contributed by atoms with Crippen LogP contribution in [-0.4, -0.2) is 30.6 Å². The molecule has 100 valence electrons. The lowest BCUT2D eigenvalue weighted by Crippen LogP contribution is -2.13. The second-order valence-corrected chi connectivity index (χ2v) is 5.15. The predicted molar refractivity (Wildman–Crippen MR) is 80.4 cm³/mol. The van der Waals surface area contributed by atoms with Gasteiger partial charge in [0.25, 0.3) is 0 Å². The highest BCUT2D eigenvalue weighted by Gasteiger charge is 1.99. The summed E-state index contributed by atoms with van der Waals surface area (Å²) < 4.78 is 0. The van der Waals surface area contributed by atoms with Gasteiger partial charge in [-0.2, -0.15) is 0 Å². The minimum atomic E-state index is 0.309. The number of aromatic hydroxyl groups is 1. The molecule has 0 aliphatic rings. The number of aryl methyl sites for hydroxylation is 1. The van der Waals surface area contributed by atoms with Gasteiger partial charge >= 0.3 is 0 Å². The highest BCUT2D eigenvalue weighted by atomic mass is 16.3. The zero-order chi connectivity index (χ0) is 13.7. The largest absolute Gasteiger partial charge is 0.508 e. The third-order valence-corrected chi connectivity index (χ3v) is 3.23. The standard InChI is InChI=1S/C17H21NO/c1-18(2)13-3-4-14-5-7-15(8-6-14)16-9-11-17(19)12-10-16/h5-12,19H,3-4,13H2,1-2H3. The Morgan fingerprint density at radius 1 is 0.842 bits per heavy atom. The van der Waals surface area contributed by atoms with Crippen molar-refractivity contribution >= 4 is 0 Å². The van der Waals surface area contributed by atoms with Crippen molar-refractivity contribution in [3.8, 4) is 16.9 Å². The molecule has 0 saturated heterocycles. The summed E-state index contributed by atoms with van der Waals surface area (Å²) in [6.45, 7) is 1.12. The van der Waals surface area contributed by atoms with Gasteiger partial charge in [0.2, 0.25) is 0 Å². The average molecular weight is 255 g/mol. The second-order valence-electron chi connectivity index (χ2n) is 5.15. The van der Waals surface area contributed by atoms with Crippen LogP contribution in [-0.2, 0) is 6.42 Å². The first-order valence-corrected chi connectivity index (χ1v) is 6.68. The first-order chi connectivity index (χ1) is 9.15. The lowest BCUT2D eigenvalue weighted by molar-refractivity contribution is 0.400. The van der Waals surface area contributed by atoms with Crippen molar-refractivity contribution in [1.29, 1.82) is 0 Å². The maximum absolute atomic E-state index is 9.29. The number of benzene rings is 2. The third kappa shape index (κ3) is 4.11. The molecule has 0 bridgehead atoms. The molecule has 0 aliphatic carbocycles. The molecule has 0 spiro atoms. The van der Waals surface area contributed by atoms with Gasteiger partial charge in [-0.3, -0.25) is 0 Å². The molecule has 2 aromatic carbocycles. The molecule has 0 heterocycles. The van der Waals surface area contributed by atoms with Crippen molar-refractivity contribution in [2.45, 2.75) is 12.8 Å². The van der Waals surface area contributed by atoms with Gasteiger partial charge in [-0.05, 0) is 62.3 Å². The number of phenols is 1. The lowest BCUT2D eigenvalue weighted by atomic mass is 10.0. The molecule has 2 nitrogen and oxygen atoms in total. The van der Waals surface area contributed by atoms with Gasteiger partial charge in [0.05, 0.1) is 0 Å². The molecule has 2 rings (SSSR count). The van der Waals surface area contributed by atoms with Crippen LogP contribution in [0, 0.1) is 0 Å². The molecule has 0 saturated carbocycles. The quantitative estimate of drug-likeness (QED) is 0.883. The zero-order valence-corrected chi connectivity index (χ0v) is 11.6. The van der Waals surface area contributed by atoms with E-state index in [0.29, 0.717) is 5.75 Å². The Morgan fingerprint density at radius 3 is 1.89 bits per heavy atom. The van der Waals surface area contributed by atoms with Gasteiger partial charge in [-0.1, -0.05) is 36.4 Å². The Kier molecular flexibility index (Phi) is 4.58. The van der Waals surface area contributed by atoms with Gasteiger partial charge < -0.3 is 10.0 Å². The molecule has 0 radical (unpaired) electrons. The van der Waals surface area contributed by atoms with E-state index in [1.165, 1.54) is 17.5 Å². The van der Waals surface area contributed by atoms with E-state index in [2.05, 4.69) is 43.3 Å². The van der Waals surface area contributed by atoms with Gasteiger partial charge in [0.1, 0.15) is 5.75 Å². The summed E-state index contributed by atoms with van der Waals surface area (Å²) in [4.78, 5) is 2.21. The van der Waals surface area contributed by atoms with Crippen LogP contribution in [0.15, 0.2) is 48.5 Å². The second kappa shape index (κ2) is 6.39. The molecular formula is C17H21NO. The Bertz CT molecular complexity index is 500. The van der Waals surface area contributed by atoms with Crippen LogP contribution < -0.4 is 0 Å². The highest BCUT2D eigenvalue weighted by Crippen LogP contribution is 2.22. The Morgan fingerprint density at radius 2 is 1.37 bits per heavy atom. The molecule has 2 heteroatoms. The fourth-order valence-corrected chi connectivity index (χ4v) is 2.12. The van der Waals surface area contributed by atoms with Gasteiger partial charge in [0.15, 0.2) is 0 Å². The summed E-state index contributed by atoms with van der Waals surface area (Å²) in [5.74, 6) is 0.309. The number of nitrogens with zero attached hydrogens (tertiary/aromatic N) is 1. The van der Waals surface area contributed by atoms with Gasteiger partial charge in [-0.25, -0.2) is 0 Å². The SMILES string of the molecule is CN(C)CCCc1ccc(-c2ccc(O)cc2)cc1. The van der Waals surface area contributed by atoms with Crippen LogP contribution >= 0.6 is 0 Å². The molecule has 1 N–H and O–H groups in total. The Balaban J connectivity index is 2.00. The number of rotatable bonds is 5. The molecule has 19 heavy (non-hydrogen) atoms. The van der Waals surface area contributed by atoms with Crippen molar-refractivity contribution in [2.75, 3.05) is 20.6 Å². The summed E-state index contributed by atoms with van der Waals surface area (Å²) in [6.07, 6.45) is 2.31. The Hall–Kier alpha value is -1.80. The predicted octanol–water partition coefficient (Wildman–Crippen LogP) is 3.55. The summed E-state index contributed by atoms with van der Waals surface area (Å²) in [5, 5.41) is 9.29. The fraction of sp³-hybridized carbons (Fsp3) is 0.294. The molecule has 0 aromatic heterocycles. The topological polar surface area (TPSA) is 23.5 Å². The molecule has 0 aliphatic heterocycles. The summed E-state index contributed by atoms with van der Waals surface area (Å²) in [5.41, 5.74) is 3.71. The van der Waals surface area contributed by atoms with Crippen LogP contribution in [0.4, 0.5) is 0 Å². The monoisotopic (exact) mass is 255 g/mol. The maximum atomic E-state index is 9.29. The lowest BCUT2D eigenvalue weighted by Gasteiger charge is -2.09. The van der Waals surface area contributed by atoms with E-state index in [1.54, 1.807) is 12.1 Å². The smallest absolute Gasteiger partial charge is 0.115 e. The van der Waals surface area contributed by atoms with E-state index >= 15 is 0 Å². The van der Waals surface area contributed by atoms with E-state index in [4.69, 9.17) is 0 Å². The van der Waals surface area contributed by atoms with Crippen molar-refractivity contribution in [3.05, 3.63) is 54.1 Å². The van der Waals surface area contributed by atoms with Crippen LogP contribution in [0.2, 0.25) is 0 Å². The van der Waals surface area contributed by atoms with E-state index in [1.807, 2.05) is 12.1 Å². The van der Waals surface area contributed by atoms with E-state index < -0.39 is 0 Å². The molecule has 0 atom stereocenters. The van der Waals surface area contributed by atoms with Crippen molar-refractivity contribution < 1.29 is 5.11 Å². The Labute approximate surface area is 115 Å². The fourth-order valence-electron chi connectivity index (χ4n) is 2.12. The first kappa shape index (κ1) is 13.6. The average Bonchev–Trinajstić information content (AvgIpc) is 2.40. The number of hydrogen-bond donors (Lipinski definition) is 1. The van der Waals surface area contributed by atoms with Gasteiger partial charge in [-0.15, -0.1) is 0 Å². The minimum Gasteiger partial charge on any atom is -0.508 e. The highest BCUT2D eigenvalue weighted by molar-refractivity contribution is 5.64. The van der Waals surface area contributed by atoms with Crippen LogP contribution in [0.3, 0.4) is 0 Å². The van der Waals surface area contributed by atoms with Gasteiger partial charge in [0, 0.05) is 0 Å². The third-order valence-electron chi connectivity index (χ3n) is 3.23. The molecule has 0 fully saturated rings. The van der Waals surface area contributed by atoms with Crippen LogP contribution in [0.25, 0.3) is 11.1 Å². The molecular weight excluding hydrogens is 234 g/mol.